The number of hydrazine groups is 1. The van der Waals surface area contributed by atoms with Crippen molar-refractivity contribution < 1.29 is 18.8 Å². The highest BCUT2D eigenvalue weighted by Crippen LogP contribution is 2.35. The summed E-state index contributed by atoms with van der Waals surface area (Å²) in [6.45, 7) is 1.75. The van der Waals surface area contributed by atoms with E-state index in [-0.39, 0.29) is 6.54 Å². The minimum atomic E-state index is -0.934. The van der Waals surface area contributed by atoms with Gasteiger partial charge in [-0.2, -0.15) is 5.01 Å². The van der Waals surface area contributed by atoms with E-state index in [0.717, 1.165) is 22.4 Å². The van der Waals surface area contributed by atoms with E-state index in [9.17, 15) is 19.2 Å². The number of benzene rings is 1. The molecule has 1 saturated carbocycles. The Balaban J connectivity index is 1.49. The van der Waals surface area contributed by atoms with Crippen LogP contribution in [0.1, 0.15) is 32.6 Å². The van der Waals surface area contributed by atoms with Crippen molar-refractivity contribution >= 4 is 28.9 Å². The van der Waals surface area contributed by atoms with Crippen molar-refractivity contribution in [3.05, 3.63) is 34.8 Å². The number of hydrogen-bond acceptors (Lipinski definition) is 5. The topological polar surface area (TPSA) is 114 Å². The van der Waals surface area contributed by atoms with Crippen LogP contribution in [0.5, 0.6) is 0 Å². The van der Waals surface area contributed by atoms with E-state index in [1.54, 1.807) is 24.3 Å². The number of nitrogens with one attached hydrogen (secondary N) is 2. The van der Waals surface area contributed by atoms with Crippen LogP contribution in [0.4, 0.5) is 4.79 Å². The molecule has 4 amide bonds. The first-order valence-electron chi connectivity index (χ1n) is 8.94. The van der Waals surface area contributed by atoms with Gasteiger partial charge in [0.25, 0.3) is 11.8 Å². The van der Waals surface area contributed by atoms with Crippen LogP contribution in [0.15, 0.2) is 33.5 Å². The lowest BCUT2D eigenvalue weighted by Gasteiger charge is -2.33. The summed E-state index contributed by atoms with van der Waals surface area (Å²) in [5.41, 5.74) is 2.22. The predicted octanol–water partition coefficient (Wildman–Crippen LogP) is 1.13. The molecule has 2 aliphatic rings. The Labute approximate surface area is 154 Å². The lowest BCUT2D eigenvalue weighted by Crippen LogP contribution is -2.52. The number of rotatable bonds is 3. The van der Waals surface area contributed by atoms with E-state index < -0.39 is 29.1 Å². The van der Waals surface area contributed by atoms with Crippen molar-refractivity contribution in [1.29, 1.82) is 0 Å². The van der Waals surface area contributed by atoms with Gasteiger partial charge in [-0.25, -0.2) is 9.59 Å². The summed E-state index contributed by atoms with van der Waals surface area (Å²) in [7, 11) is 0. The van der Waals surface area contributed by atoms with Gasteiger partial charge >= 0.3 is 11.8 Å². The van der Waals surface area contributed by atoms with Crippen molar-refractivity contribution in [1.82, 2.24) is 20.3 Å². The van der Waals surface area contributed by atoms with Gasteiger partial charge in [-0.3, -0.25) is 19.6 Å². The van der Waals surface area contributed by atoms with E-state index >= 15 is 0 Å². The second-order valence-electron chi connectivity index (χ2n) is 7.29. The van der Waals surface area contributed by atoms with Gasteiger partial charge in [-0.1, -0.05) is 19.1 Å². The number of carbonyl (C=O) groups excluding carboxylic acids is 3. The van der Waals surface area contributed by atoms with Crippen LogP contribution in [0, 0.1) is 5.92 Å². The summed E-state index contributed by atoms with van der Waals surface area (Å²) in [5, 5.41) is 3.46. The van der Waals surface area contributed by atoms with Gasteiger partial charge in [0.05, 0.1) is 5.52 Å². The molecular formula is C18H20N4O5. The van der Waals surface area contributed by atoms with Crippen LogP contribution in [-0.4, -0.2) is 33.0 Å². The van der Waals surface area contributed by atoms with Crippen LogP contribution in [0.3, 0.4) is 0 Å². The second-order valence-corrected chi connectivity index (χ2v) is 7.29. The Bertz CT molecular complexity index is 983. The summed E-state index contributed by atoms with van der Waals surface area (Å²) >= 11 is 0. The van der Waals surface area contributed by atoms with Crippen LogP contribution >= 0.6 is 0 Å². The van der Waals surface area contributed by atoms with Gasteiger partial charge in [0.1, 0.15) is 12.1 Å². The number of imide groups is 1. The monoisotopic (exact) mass is 372 g/mol. The third kappa shape index (κ3) is 2.88. The second kappa shape index (κ2) is 6.26. The maximum atomic E-state index is 12.8. The number of aromatic nitrogens is 1. The number of carbonyl (C=O) groups is 3. The number of amides is 4. The smallest absolute Gasteiger partial charge is 0.408 e. The molecule has 9 nitrogen and oxygen atoms in total. The first kappa shape index (κ1) is 17.3. The molecule has 2 aromatic rings. The van der Waals surface area contributed by atoms with E-state index in [4.69, 9.17) is 4.42 Å². The molecule has 0 unspecified atom stereocenters. The lowest BCUT2D eigenvalue weighted by atomic mass is 9.77. The molecule has 4 rings (SSSR count). The Hall–Kier alpha value is -3.10. The maximum Gasteiger partial charge on any atom is 0.420 e. The first-order chi connectivity index (χ1) is 12.9. The minimum Gasteiger partial charge on any atom is -0.408 e. The highest BCUT2D eigenvalue weighted by Gasteiger charge is 2.52. The van der Waals surface area contributed by atoms with Crippen LogP contribution in [0.2, 0.25) is 0 Å². The van der Waals surface area contributed by atoms with Crippen LogP contribution < -0.4 is 16.5 Å². The molecule has 1 aromatic carbocycles. The van der Waals surface area contributed by atoms with Gasteiger partial charge < -0.3 is 9.73 Å². The summed E-state index contributed by atoms with van der Waals surface area (Å²) in [4.78, 5) is 49.4. The zero-order valence-corrected chi connectivity index (χ0v) is 14.9. The first-order valence-corrected chi connectivity index (χ1v) is 8.94. The zero-order chi connectivity index (χ0) is 19.2. The Morgan fingerprint density at radius 3 is 2.70 bits per heavy atom. The fraction of sp³-hybridized carbons (Fsp3) is 0.444. The van der Waals surface area contributed by atoms with Gasteiger partial charge in [-0.15, -0.1) is 0 Å². The number of fused-ring (bicyclic) bond motifs is 1. The molecule has 1 saturated heterocycles. The molecule has 142 valence electrons. The minimum absolute atomic E-state index is 0.362. The van der Waals surface area contributed by atoms with Gasteiger partial charge in [0.2, 0.25) is 0 Å². The largest absolute Gasteiger partial charge is 0.420 e. The number of urea groups is 1. The standard InChI is InChI=1S/C18H20N4O5/c1-11-6-8-18(9-7-11)15(24)22(16(25)19-18)20-14(23)10-21-12-4-2-3-5-13(12)27-17(21)26/h2-5,11H,6-10H2,1H3,(H,19,25)(H,20,23). The quantitative estimate of drug-likeness (QED) is 0.784. The predicted molar refractivity (Wildman–Crippen MR) is 94.4 cm³/mol. The van der Waals surface area contributed by atoms with E-state index in [1.165, 1.54) is 0 Å². The molecule has 1 spiro atoms. The number of hydrogen-bond donors (Lipinski definition) is 2. The highest BCUT2D eigenvalue weighted by atomic mass is 16.4. The average Bonchev–Trinajstić information content (AvgIpc) is 3.07. The molecule has 2 fully saturated rings. The molecule has 2 heterocycles. The third-order valence-electron chi connectivity index (χ3n) is 5.40. The normalized spacial score (nSPS) is 25.2. The molecule has 27 heavy (non-hydrogen) atoms. The Kier molecular flexibility index (Phi) is 4.01. The fourth-order valence-corrected chi connectivity index (χ4v) is 3.78. The third-order valence-corrected chi connectivity index (χ3v) is 5.40. The number of oxazole rings is 1. The molecule has 9 heteroatoms. The molecule has 1 aliphatic heterocycles. The molecule has 2 N–H and O–H groups in total. The summed E-state index contributed by atoms with van der Waals surface area (Å²) in [6.07, 6.45) is 2.78. The number of nitrogens with zero attached hydrogens (tertiary/aromatic N) is 2. The van der Waals surface area contributed by atoms with Gasteiger partial charge in [0, 0.05) is 0 Å². The van der Waals surface area contributed by atoms with Crippen molar-refractivity contribution in [3.8, 4) is 0 Å². The lowest BCUT2D eigenvalue weighted by molar-refractivity contribution is -0.140. The van der Waals surface area contributed by atoms with Gasteiger partial charge in [0.15, 0.2) is 5.58 Å². The van der Waals surface area contributed by atoms with Crippen molar-refractivity contribution in [2.75, 3.05) is 0 Å². The summed E-state index contributed by atoms with van der Waals surface area (Å²) < 4.78 is 6.23. The van der Waals surface area contributed by atoms with Crippen LogP contribution in [0.25, 0.3) is 11.1 Å². The molecule has 1 aliphatic carbocycles. The van der Waals surface area contributed by atoms with Gasteiger partial charge in [-0.05, 0) is 43.7 Å². The van der Waals surface area contributed by atoms with E-state index in [2.05, 4.69) is 17.7 Å². The van der Waals surface area contributed by atoms with Crippen molar-refractivity contribution in [3.63, 3.8) is 0 Å². The maximum absolute atomic E-state index is 12.8. The molecular weight excluding hydrogens is 352 g/mol. The van der Waals surface area contributed by atoms with Crippen LogP contribution in [-0.2, 0) is 16.1 Å². The summed E-state index contributed by atoms with van der Waals surface area (Å²) in [5.74, 6) is -1.28. The average molecular weight is 372 g/mol. The van der Waals surface area contributed by atoms with E-state index in [1.807, 2.05) is 0 Å². The van der Waals surface area contributed by atoms with Crippen molar-refractivity contribution in [2.24, 2.45) is 5.92 Å². The molecule has 1 aromatic heterocycles. The molecule has 0 atom stereocenters. The Morgan fingerprint density at radius 1 is 1.26 bits per heavy atom. The van der Waals surface area contributed by atoms with E-state index in [0.29, 0.717) is 29.9 Å². The summed E-state index contributed by atoms with van der Waals surface area (Å²) in [6, 6.07) is 6.06. The Morgan fingerprint density at radius 2 is 1.96 bits per heavy atom. The fourth-order valence-electron chi connectivity index (χ4n) is 3.78. The SMILES string of the molecule is CC1CCC2(CC1)NC(=O)N(NC(=O)Cn1c(=O)oc3ccccc31)C2=O. The highest BCUT2D eigenvalue weighted by molar-refractivity contribution is 6.08. The number of para-hydroxylation sites is 2. The van der Waals surface area contributed by atoms with Crippen molar-refractivity contribution in [2.45, 2.75) is 44.7 Å². The molecule has 0 radical (unpaired) electrons. The zero-order valence-electron chi connectivity index (χ0n) is 14.9. The molecule has 0 bridgehead atoms.